The zero-order valence-electron chi connectivity index (χ0n) is 11.9. The molecule has 0 bridgehead atoms. The second kappa shape index (κ2) is 6.70. The van der Waals surface area contributed by atoms with Crippen LogP contribution in [0.4, 0.5) is 10.1 Å². The van der Waals surface area contributed by atoms with Crippen molar-refractivity contribution >= 4 is 11.6 Å². The van der Waals surface area contributed by atoms with Crippen LogP contribution in [0.15, 0.2) is 18.2 Å². The summed E-state index contributed by atoms with van der Waals surface area (Å²) in [4.78, 5) is 12.3. The second-order valence-corrected chi connectivity index (χ2v) is 5.10. The molecule has 1 aliphatic heterocycles. The first-order valence-corrected chi connectivity index (χ1v) is 6.90. The van der Waals surface area contributed by atoms with Crippen LogP contribution in [0.25, 0.3) is 0 Å². The number of hydrogen-bond donors (Lipinski definition) is 2. The average Bonchev–Trinajstić information content (AvgIpc) is 2.90. The predicted octanol–water partition coefficient (Wildman–Crippen LogP) is 2.07. The van der Waals surface area contributed by atoms with Crippen molar-refractivity contribution in [3.05, 3.63) is 29.6 Å². The maximum atomic E-state index is 13.3. The molecule has 0 spiro atoms. The molecule has 1 heterocycles. The molecule has 0 saturated carbocycles. The molecule has 1 fully saturated rings. The zero-order chi connectivity index (χ0) is 15.3. The molecule has 0 aliphatic carbocycles. The van der Waals surface area contributed by atoms with Gasteiger partial charge in [0.1, 0.15) is 11.4 Å². The van der Waals surface area contributed by atoms with Crippen molar-refractivity contribution in [1.82, 2.24) is 0 Å². The van der Waals surface area contributed by atoms with Gasteiger partial charge in [0, 0.05) is 13.0 Å². The summed E-state index contributed by atoms with van der Waals surface area (Å²) >= 11 is 0. The average molecular weight is 291 g/mol. The van der Waals surface area contributed by atoms with Crippen LogP contribution in [0.2, 0.25) is 0 Å². The number of aliphatic hydroxyl groups is 1. The van der Waals surface area contributed by atoms with Gasteiger partial charge in [-0.15, -0.1) is 0 Å². The number of nitrogens with one attached hydrogen (secondary N) is 1. The van der Waals surface area contributed by atoms with E-state index in [9.17, 15) is 9.18 Å². The Balaban J connectivity index is 2.19. The number of aliphatic hydroxyl groups excluding tert-OH is 1. The standard InChI is InChI=1S/C16H18FNO3/c1-16(8-4-10-21-16)15(20)18-14-7-6-13(17)11-12(14)5-2-3-9-19/h6-7,11,19H,3-4,8-10H2,1H3,(H,18,20). The minimum Gasteiger partial charge on any atom is -0.395 e. The molecule has 2 rings (SSSR count). The third-order valence-electron chi connectivity index (χ3n) is 3.39. The van der Waals surface area contributed by atoms with Crippen LogP contribution in [-0.4, -0.2) is 29.8 Å². The maximum Gasteiger partial charge on any atom is 0.256 e. The predicted molar refractivity (Wildman–Crippen MR) is 77.2 cm³/mol. The summed E-state index contributed by atoms with van der Waals surface area (Å²) in [6.45, 7) is 2.25. The highest BCUT2D eigenvalue weighted by Crippen LogP contribution is 2.27. The van der Waals surface area contributed by atoms with Crippen LogP contribution in [0.5, 0.6) is 0 Å². The number of benzene rings is 1. The molecule has 0 aromatic heterocycles. The third kappa shape index (κ3) is 3.81. The Morgan fingerprint density at radius 1 is 1.57 bits per heavy atom. The van der Waals surface area contributed by atoms with Gasteiger partial charge in [0.2, 0.25) is 0 Å². The van der Waals surface area contributed by atoms with Crippen LogP contribution in [0.1, 0.15) is 31.7 Å². The second-order valence-electron chi connectivity index (χ2n) is 5.10. The number of anilines is 1. The topological polar surface area (TPSA) is 58.6 Å². The molecule has 1 amide bonds. The van der Waals surface area contributed by atoms with E-state index in [-0.39, 0.29) is 12.5 Å². The van der Waals surface area contributed by atoms with Crippen LogP contribution in [0, 0.1) is 17.7 Å². The number of carbonyl (C=O) groups is 1. The molecule has 1 aromatic carbocycles. The first-order chi connectivity index (χ1) is 10.0. The molecule has 1 aliphatic rings. The van der Waals surface area contributed by atoms with Crippen LogP contribution in [-0.2, 0) is 9.53 Å². The Kier molecular flexibility index (Phi) is 4.94. The molecule has 4 nitrogen and oxygen atoms in total. The normalized spacial score (nSPS) is 20.7. The third-order valence-corrected chi connectivity index (χ3v) is 3.39. The Labute approximate surface area is 123 Å². The maximum absolute atomic E-state index is 13.3. The van der Waals surface area contributed by atoms with E-state index in [4.69, 9.17) is 9.84 Å². The van der Waals surface area contributed by atoms with Crippen molar-refractivity contribution in [2.45, 2.75) is 31.8 Å². The fourth-order valence-electron chi connectivity index (χ4n) is 2.16. The van der Waals surface area contributed by atoms with E-state index in [1.165, 1.54) is 18.2 Å². The van der Waals surface area contributed by atoms with Crippen LogP contribution >= 0.6 is 0 Å². The van der Waals surface area contributed by atoms with Gasteiger partial charge in [-0.05, 0) is 38.0 Å². The summed E-state index contributed by atoms with van der Waals surface area (Å²) in [5, 5.41) is 11.5. The fraction of sp³-hybridized carbons (Fsp3) is 0.438. The van der Waals surface area contributed by atoms with Gasteiger partial charge >= 0.3 is 0 Å². The first-order valence-electron chi connectivity index (χ1n) is 6.90. The molecule has 1 unspecified atom stereocenters. The Morgan fingerprint density at radius 3 is 3.05 bits per heavy atom. The van der Waals surface area contributed by atoms with E-state index in [1.807, 2.05) is 0 Å². The lowest BCUT2D eigenvalue weighted by Crippen LogP contribution is -2.39. The Hall–Kier alpha value is -1.90. The summed E-state index contributed by atoms with van der Waals surface area (Å²) in [5.74, 6) is 4.80. The SMILES string of the molecule is CC1(C(=O)Nc2ccc(F)cc2C#CCCO)CCCO1. The van der Waals surface area contributed by atoms with E-state index >= 15 is 0 Å². The number of carbonyl (C=O) groups excluding carboxylic acids is 1. The van der Waals surface area contributed by atoms with Gasteiger partial charge in [-0.2, -0.15) is 0 Å². The van der Waals surface area contributed by atoms with Gasteiger partial charge < -0.3 is 15.2 Å². The molecular weight excluding hydrogens is 273 g/mol. The van der Waals surface area contributed by atoms with E-state index in [0.717, 1.165) is 6.42 Å². The molecule has 2 N–H and O–H groups in total. The number of hydrogen-bond acceptors (Lipinski definition) is 3. The van der Waals surface area contributed by atoms with E-state index in [0.29, 0.717) is 30.7 Å². The largest absolute Gasteiger partial charge is 0.395 e. The van der Waals surface area contributed by atoms with Crippen molar-refractivity contribution in [2.75, 3.05) is 18.5 Å². The molecule has 1 atom stereocenters. The summed E-state index contributed by atoms with van der Waals surface area (Å²) < 4.78 is 18.8. The minimum atomic E-state index is -0.843. The highest BCUT2D eigenvalue weighted by Gasteiger charge is 2.37. The summed E-state index contributed by atoms with van der Waals surface area (Å²) in [5.41, 5.74) is -0.00792. The monoisotopic (exact) mass is 291 g/mol. The van der Waals surface area contributed by atoms with Crippen molar-refractivity contribution in [3.63, 3.8) is 0 Å². The first kappa shape index (κ1) is 15.5. The number of ether oxygens (including phenoxy) is 1. The number of amides is 1. The lowest BCUT2D eigenvalue weighted by atomic mass is 10.0. The summed E-state index contributed by atoms with van der Waals surface area (Å²) in [6, 6.07) is 4.01. The quantitative estimate of drug-likeness (QED) is 0.838. The molecule has 1 aromatic rings. The van der Waals surface area contributed by atoms with E-state index in [2.05, 4.69) is 17.2 Å². The molecule has 112 valence electrons. The smallest absolute Gasteiger partial charge is 0.256 e. The van der Waals surface area contributed by atoms with Crippen molar-refractivity contribution < 1.29 is 19.0 Å². The Morgan fingerprint density at radius 2 is 2.38 bits per heavy atom. The zero-order valence-corrected chi connectivity index (χ0v) is 11.9. The van der Waals surface area contributed by atoms with Gasteiger partial charge in [-0.3, -0.25) is 4.79 Å². The van der Waals surface area contributed by atoms with Gasteiger partial charge in [0.05, 0.1) is 17.9 Å². The van der Waals surface area contributed by atoms with Crippen molar-refractivity contribution in [3.8, 4) is 11.8 Å². The lowest BCUT2D eigenvalue weighted by Gasteiger charge is -2.22. The molecular formula is C16H18FNO3. The molecule has 21 heavy (non-hydrogen) atoms. The summed E-state index contributed by atoms with van der Waals surface area (Å²) in [6.07, 6.45) is 1.80. The van der Waals surface area contributed by atoms with Gasteiger partial charge in [-0.25, -0.2) is 4.39 Å². The van der Waals surface area contributed by atoms with Crippen LogP contribution in [0.3, 0.4) is 0 Å². The minimum absolute atomic E-state index is 0.0596. The van der Waals surface area contributed by atoms with Gasteiger partial charge in [0.15, 0.2) is 0 Å². The fourth-order valence-corrected chi connectivity index (χ4v) is 2.16. The van der Waals surface area contributed by atoms with Crippen molar-refractivity contribution in [2.24, 2.45) is 0 Å². The number of rotatable bonds is 3. The summed E-state index contributed by atoms with van der Waals surface area (Å²) in [7, 11) is 0. The van der Waals surface area contributed by atoms with E-state index in [1.54, 1.807) is 6.92 Å². The highest BCUT2D eigenvalue weighted by molar-refractivity contribution is 5.98. The molecule has 0 radical (unpaired) electrons. The van der Waals surface area contributed by atoms with E-state index < -0.39 is 11.4 Å². The van der Waals surface area contributed by atoms with Gasteiger partial charge in [0.25, 0.3) is 5.91 Å². The Bertz CT molecular complexity index is 583. The molecule has 5 heteroatoms. The van der Waals surface area contributed by atoms with Crippen molar-refractivity contribution in [1.29, 1.82) is 0 Å². The highest BCUT2D eigenvalue weighted by atomic mass is 19.1. The van der Waals surface area contributed by atoms with Crippen LogP contribution < -0.4 is 5.32 Å². The van der Waals surface area contributed by atoms with Gasteiger partial charge in [-0.1, -0.05) is 11.8 Å². The lowest BCUT2D eigenvalue weighted by molar-refractivity contribution is -0.133. The molecule has 1 saturated heterocycles. The number of halogens is 1.